The number of carbonyl (C=O) groups excluding carboxylic acids is 1. The Morgan fingerprint density at radius 3 is 2.32 bits per heavy atom. The molecule has 3 aromatic rings. The van der Waals surface area contributed by atoms with E-state index in [2.05, 4.69) is 48.4 Å². The number of anilines is 1. The van der Waals surface area contributed by atoms with Gasteiger partial charge in [0, 0.05) is 8.95 Å². The molecule has 0 atom stereocenters. The summed E-state index contributed by atoms with van der Waals surface area (Å²) >= 11 is 6.49. The van der Waals surface area contributed by atoms with Gasteiger partial charge in [0.05, 0.1) is 11.3 Å². The Balaban J connectivity index is 1.81. The van der Waals surface area contributed by atoms with Crippen molar-refractivity contribution in [1.82, 2.24) is 5.16 Å². The van der Waals surface area contributed by atoms with Crippen LogP contribution in [0.4, 0.5) is 10.1 Å². The topological polar surface area (TPSA) is 64.4 Å². The minimum absolute atomic E-state index is 0.116. The van der Waals surface area contributed by atoms with Gasteiger partial charge in [0.25, 0.3) is 5.91 Å². The average Bonchev–Trinajstić information content (AvgIpc) is 2.96. The Kier molecular flexibility index (Phi) is 6.20. The fourth-order valence-corrected chi connectivity index (χ4v) is 4.07. The number of nitrogens with zero attached hydrogens (tertiary/aromatic N) is 1. The van der Waals surface area contributed by atoms with E-state index in [4.69, 9.17) is 9.26 Å². The molecule has 0 saturated carbocycles. The second-order valence-corrected chi connectivity index (χ2v) is 8.09. The molecule has 0 radical (unpaired) electrons. The summed E-state index contributed by atoms with van der Waals surface area (Å²) in [5, 5.41) is 6.58. The van der Waals surface area contributed by atoms with Crippen molar-refractivity contribution in [1.29, 1.82) is 0 Å². The predicted molar refractivity (Wildman–Crippen MR) is 111 cm³/mol. The molecule has 1 N–H and O–H groups in total. The Labute approximate surface area is 178 Å². The summed E-state index contributed by atoms with van der Waals surface area (Å²) in [6.45, 7) is 5.82. The Hall–Kier alpha value is -2.19. The van der Waals surface area contributed by atoms with Gasteiger partial charge in [0.2, 0.25) is 0 Å². The van der Waals surface area contributed by atoms with Gasteiger partial charge in [-0.25, -0.2) is 4.39 Å². The number of nitrogens with one attached hydrogen (secondary N) is 1. The van der Waals surface area contributed by atoms with Crippen LogP contribution in [0.25, 0.3) is 0 Å². The number of hydrogen-bond acceptors (Lipinski definition) is 4. The summed E-state index contributed by atoms with van der Waals surface area (Å²) in [6.07, 6.45) is 0. The first-order valence-corrected chi connectivity index (χ1v) is 9.95. The molecule has 2 aromatic carbocycles. The van der Waals surface area contributed by atoms with Gasteiger partial charge in [-0.05, 0) is 88.0 Å². The first-order valence-electron chi connectivity index (χ1n) is 8.36. The van der Waals surface area contributed by atoms with Crippen molar-refractivity contribution in [2.75, 3.05) is 5.32 Å². The maximum absolute atomic E-state index is 13.4. The van der Waals surface area contributed by atoms with E-state index in [9.17, 15) is 9.18 Å². The van der Waals surface area contributed by atoms with Gasteiger partial charge < -0.3 is 14.6 Å². The zero-order valence-corrected chi connectivity index (χ0v) is 18.6. The van der Waals surface area contributed by atoms with Gasteiger partial charge in [0.1, 0.15) is 23.9 Å². The third-order valence-corrected chi connectivity index (χ3v) is 5.27. The number of carbonyl (C=O) groups is 1. The molecule has 1 aromatic heterocycles. The van der Waals surface area contributed by atoms with Crippen molar-refractivity contribution in [3.63, 3.8) is 0 Å². The second-order valence-electron chi connectivity index (χ2n) is 6.38. The van der Waals surface area contributed by atoms with Gasteiger partial charge in [0.15, 0.2) is 5.69 Å². The highest BCUT2D eigenvalue weighted by Crippen LogP contribution is 2.32. The van der Waals surface area contributed by atoms with Crippen LogP contribution in [0.5, 0.6) is 5.75 Å². The van der Waals surface area contributed by atoms with E-state index >= 15 is 0 Å². The van der Waals surface area contributed by atoms with Crippen LogP contribution in [0.15, 0.2) is 43.8 Å². The standard InChI is InChI=1S/C20H17Br2FN2O3/c1-10-4-11(2)6-14(5-10)27-9-15-12(3)28-25-18(15)20(26)24-19-16(21)7-13(23)8-17(19)22/h4-8H,9H2,1-3H3,(H,24,26). The lowest BCUT2D eigenvalue weighted by Gasteiger charge is -2.11. The predicted octanol–water partition coefficient (Wildman–Crippen LogP) is 6.10. The summed E-state index contributed by atoms with van der Waals surface area (Å²) in [7, 11) is 0. The van der Waals surface area contributed by atoms with Crippen molar-refractivity contribution in [2.24, 2.45) is 0 Å². The van der Waals surface area contributed by atoms with Crippen LogP contribution < -0.4 is 10.1 Å². The van der Waals surface area contributed by atoms with Gasteiger partial charge in [-0.1, -0.05) is 11.2 Å². The molecule has 0 aliphatic carbocycles. The minimum atomic E-state index is -0.483. The van der Waals surface area contributed by atoms with Gasteiger partial charge >= 0.3 is 0 Å². The fraction of sp³-hybridized carbons (Fsp3) is 0.200. The summed E-state index contributed by atoms with van der Waals surface area (Å²) < 4.78 is 25.3. The van der Waals surface area contributed by atoms with Crippen LogP contribution >= 0.6 is 31.9 Å². The van der Waals surface area contributed by atoms with E-state index in [-0.39, 0.29) is 12.3 Å². The lowest BCUT2D eigenvalue weighted by Crippen LogP contribution is -2.16. The Morgan fingerprint density at radius 1 is 1.11 bits per heavy atom. The highest BCUT2D eigenvalue weighted by molar-refractivity contribution is 9.11. The second kappa shape index (κ2) is 8.45. The van der Waals surface area contributed by atoms with Gasteiger partial charge in [-0.2, -0.15) is 0 Å². The molecular formula is C20H17Br2FN2O3. The van der Waals surface area contributed by atoms with Gasteiger partial charge in [-0.15, -0.1) is 0 Å². The number of ether oxygens (including phenoxy) is 1. The molecule has 8 heteroatoms. The third-order valence-electron chi connectivity index (χ3n) is 4.02. The maximum Gasteiger partial charge on any atom is 0.278 e. The monoisotopic (exact) mass is 510 g/mol. The molecule has 5 nitrogen and oxygen atoms in total. The van der Waals surface area contributed by atoms with E-state index < -0.39 is 11.7 Å². The maximum atomic E-state index is 13.4. The molecule has 0 saturated heterocycles. The molecular weight excluding hydrogens is 495 g/mol. The number of amides is 1. The SMILES string of the molecule is Cc1cc(C)cc(OCc2c(C(=O)Nc3c(Br)cc(F)cc3Br)noc2C)c1. The Morgan fingerprint density at radius 2 is 1.71 bits per heavy atom. The normalized spacial score (nSPS) is 10.8. The number of halogens is 3. The minimum Gasteiger partial charge on any atom is -0.489 e. The molecule has 0 aliphatic rings. The van der Waals surface area contributed by atoms with Crippen molar-refractivity contribution >= 4 is 43.5 Å². The van der Waals surface area contributed by atoms with Crippen molar-refractivity contribution in [3.05, 3.63) is 73.2 Å². The zero-order chi connectivity index (χ0) is 20.4. The van der Waals surface area contributed by atoms with Crippen LogP contribution in [0.3, 0.4) is 0 Å². The Bertz CT molecular complexity index is 1010. The van der Waals surface area contributed by atoms with Crippen LogP contribution in [0.1, 0.15) is 32.9 Å². The lowest BCUT2D eigenvalue weighted by atomic mass is 10.1. The highest BCUT2D eigenvalue weighted by atomic mass is 79.9. The number of hydrogen-bond donors (Lipinski definition) is 1. The van der Waals surface area contributed by atoms with Crippen molar-refractivity contribution < 1.29 is 18.4 Å². The third kappa shape index (κ3) is 4.62. The number of aromatic nitrogens is 1. The van der Waals surface area contributed by atoms with Gasteiger partial charge in [-0.3, -0.25) is 4.79 Å². The number of rotatable bonds is 5. The van der Waals surface area contributed by atoms with E-state index in [0.717, 1.165) is 11.1 Å². The fourth-order valence-electron chi connectivity index (χ4n) is 2.75. The van der Waals surface area contributed by atoms with E-state index in [1.165, 1.54) is 12.1 Å². The van der Waals surface area contributed by atoms with Crippen LogP contribution in [0.2, 0.25) is 0 Å². The average molecular weight is 512 g/mol. The van der Waals surface area contributed by atoms with Crippen LogP contribution in [0, 0.1) is 26.6 Å². The molecule has 146 valence electrons. The lowest BCUT2D eigenvalue weighted by molar-refractivity contribution is 0.101. The quantitative estimate of drug-likeness (QED) is 0.449. The van der Waals surface area contributed by atoms with E-state index in [0.29, 0.717) is 31.7 Å². The highest BCUT2D eigenvalue weighted by Gasteiger charge is 2.22. The molecule has 0 aliphatic heterocycles. The van der Waals surface area contributed by atoms with E-state index in [1.54, 1.807) is 6.92 Å². The van der Waals surface area contributed by atoms with Crippen molar-refractivity contribution in [2.45, 2.75) is 27.4 Å². The van der Waals surface area contributed by atoms with E-state index in [1.807, 2.05) is 26.0 Å². The summed E-state index contributed by atoms with van der Waals surface area (Å²) in [5.41, 5.74) is 3.23. The largest absolute Gasteiger partial charge is 0.489 e. The summed E-state index contributed by atoms with van der Waals surface area (Å²) in [6, 6.07) is 8.41. The summed E-state index contributed by atoms with van der Waals surface area (Å²) in [4.78, 5) is 12.7. The molecule has 0 bridgehead atoms. The first-order chi connectivity index (χ1) is 13.2. The van der Waals surface area contributed by atoms with Crippen LogP contribution in [-0.4, -0.2) is 11.1 Å². The van der Waals surface area contributed by atoms with Crippen molar-refractivity contribution in [3.8, 4) is 5.75 Å². The number of aryl methyl sites for hydroxylation is 3. The summed E-state index contributed by atoms with van der Waals surface area (Å²) in [5.74, 6) is 0.278. The molecule has 1 amide bonds. The molecule has 0 unspecified atom stereocenters. The first kappa shape index (κ1) is 20.5. The molecule has 0 spiro atoms. The molecule has 0 fully saturated rings. The van der Waals surface area contributed by atoms with Crippen LogP contribution in [-0.2, 0) is 6.61 Å². The zero-order valence-electron chi connectivity index (χ0n) is 15.4. The molecule has 1 heterocycles. The smallest absolute Gasteiger partial charge is 0.278 e. The number of benzene rings is 2. The molecule has 3 rings (SSSR count). The molecule has 28 heavy (non-hydrogen) atoms.